The molecule has 20 heavy (non-hydrogen) atoms. The predicted octanol–water partition coefficient (Wildman–Crippen LogP) is 5.11. The van der Waals surface area contributed by atoms with Crippen LogP contribution in [0.3, 0.4) is 0 Å². The van der Waals surface area contributed by atoms with Crippen LogP contribution in [0.25, 0.3) is 0 Å². The Bertz CT molecular complexity index is 593. The van der Waals surface area contributed by atoms with Crippen LogP contribution in [-0.2, 0) is 12.7 Å². The van der Waals surface area contributed by atoms with Gasteiger partial charge in [-0.25, -0.2) is 4.39 Å². The van der Waals surface area contributed by atoms with E-state index in [9.17, 15) is 17.6 Å². The summed E-state index contributed by atoms with van der Waals surface area (Å²) in [6, 6.07) is 9.14. The van der Waals surface area contributed by atoms with Gasteiger partial charge in [-0.15, -0.1) is 0 Å². The monoisotopic (exact) mass is 303 g/mol. The summed E-state index contributed by atoms with van der Waals surface area (Å²) < 4.78 is 50.9. The molecule has 0 saturated heterocycles. The first-order valence-electron chi connectivity index (χ1n) is 5.71. The van der Waals surface area contributed by atoms with Crippen LogP contribution in [0.15, 0.2) is 42.5 Å². The van der Waals surface area contributed by atoms with Crippen molar-refractivity contribution in [3.05, 3.63) is 64.4 Å². The van der Waals surface area contributed by atoms with E-state index in [2.05, 4.69) is 5.32 Å². The first-order valence-corrected chi connectivity index (χ1v) is 6.08. The fourth-order valence-electron chi connectivity index (χ4n) is 1.69. The molecule has 0 spiro atoms. The second-order valence-electron chi connectivity index (χ2n) is 4.21. The maximum absolute atomic E-state index is 13.2. The van der Waals surface area contributed by atoms with Crippen LogP contribution in [0.4, 0.5) is 23.2 Å². The largest absolute Gasteiger partial charge is 0.416 e. The molecule has 0 heterocycles. The Labute approximate surface area is 118 Å². The van der Waals surface area contributed by atoms with Crippen LogP contribution < -0.4 is 5.32 Å². The fourth-order valence-corrected chi connectivity index (χ4v) is 1.81. The standard InChI is InChI=1S/C14H10ClF4N/c15-11-1-3-13(4-2-11)20-8-9-5-10(14(17,18)19)7-12(16)6-9/h1-7,20H,8H2. The molecule has 2 aromatic rings. The maximum atomic E-state index is 13.2. The van der Waals surface area contributed by atoms with Crippen LogP contribution in [0.2, 0.25) is 5.02 Å². The second-order valence-corrected chi connectivity index (χ2v) is 4.64. The zero-order chi connectivity index (χ0) is 14.8. The summed E-state index contributed by atoms with van der Waals surface area (Å²) in [7, 11) is 0. The number of hydrogen-bond acceptors (Lipinski definition) is 1. The van der Waals surface area contributed by atoms with Crippen LogP contribution >= 0.6 is 11.6 Å². The van der Waals surface area contributed by atoms with Gasteiger partial charge in [0.05, 0.1) is 5.56 Å². The van der Waals surface area contributed by atoms with Gasteiger partial charge >= 0.3 is 6.18 Å². The maximum Gasteiger partial charge on any atom is 0.416 e. The molecule has 0 bridgehead atoms. The van der Waals surface area contributed by atoms with Gasteiger partial charge < -0.3 is 5.32 Å². The van der Waals surface area contributed by atoms with Crippen molar-refractivity contribution in [1.82, 2.24) is 0 Å². The van der Waals surface area contributed by atoms with Gasteiger partial charge in [0, 0.05) is 17.3 Å². The van der Waals surface area contributed by atoms with Gasteiger partial charge in [0.1, 0.15) is 5.82 Å². The van der Waals surface area contributed by atoms with E-state index in [4.69, 9.17) is 11.6 Å². The van der Waals surface area contributed by atoms with Gasteiger partial charge in [0.15, 0.2) is 0 Å². The Morgan fingerprint density at radius 3 is 2.25 bits per heavy atom. The average molecular weight is 304 g/mol. The molecule has 0 amide bonds. The van der Waals surface area contributed by atoms with Crippen LogP contribution in [0, 0.1) is 5.82 Å². The molecule has 2 aromatic carbocycles. The zero-order valence-corrected chi connectivity index (χ0v) is 10.9. The number of anilines is 1. The minimum absolute atomic E-state index is 0.0858. The molecule has 0 fully saturated rings. The van der Waals surface area contributed by atoms with Crippen molar-refractivity contribution in [2.75, 3.05) is 5.32 Å². The third-order valence-electron chi connectivity index (χ3n) is 2.63. The molecule has 0 radical (unpaired) electrons. The summed E-state index contributed by atoms with van der Waals surface area (Å²) in [5, 5.41) is 3.46. The molecule has 6 heteroatoms. The molecule has 0 saturated carbocycles. The van der Waals surface area contributed by atoms with Crippen molar-refractivity contribution in [2.45, 2.75) is 12.7 Å². The molecule has 0 unspecified atom stereocenters. The smallest absolute Gasteiger partial charge is 0.381 e. The van der Waals surface area contributed by atoms with Gasteiger partial charge in [-0.05, 0) is 48.0 Å². The van der Waals surface area contributed by atoms with E-state index in [0.717, 1.165) is 12.1 Å². The Balaban J connectivity index is 2.13. The minimum Gasteiger partial charge on any atom is -0.381 e. The highest BCUT2D eigenvalue weighted by atomic mass is 35.5. The van der Waals surface area contributed by atoms with Gasteiger partial charge in [-0.3, -0.25) is 0 Å². The Morgan fingerprint density at radius 1 is 1.00 bits per heavy atom. The second kappa shape index (κ2) is 5.71. The number of hydrogen-bond donors (Lipinski definition) is 1. The first kappa shape index (κ1) is 14.7. The zero-order valence-electron chi connectivity index (χ0n) is 10.1. The number of nitrogens with one attached hydrogen (secondary N) is 1. The fraction of sp³-hybridized carbons (Fsp3) is 0.143. The first-order chi connectivity index (χ1) is 9.34. The molecule has 0 aliphatic rings. The van der Waals surface area contributed by atoms with Crippen molar-refractivity contribution in [3.8, 4) is 0 Å². The summed E-state index contributed by atoms with van der Waals surface area (Å²) in [6.07, 6.45) is -4.56. The molecule has 0 aliphatic carbocycles. The summed E-state index contributed by atoms with van der Waals surface area (Å²) in [5.41, 5.74) is -0.0927. The lowest BCUT2D eigenvalue weighted by Gasteiger charge is -2.11. The lowest BCUT2D eigenvalue weighted by atomic mass is 10.1. The summed E-state index contributed by atoms with van der Waals surface area (Å²) in [5.74, 6) is -0.910. The van der Waals surface area contributed by atoms with Crippen molar-refractivity contribution in [2.24, 2.45) is 0 Å². The third kappa shape index (κ3) is 3.87. The molecular formula is C14H10ClF4N. The summed E-state index contributed by atoms with van der Waals surface area (Å²) in [6.45, 7) is 0.0858. The van der Waals surface area contributed by atoms with E-state index in [1.165, 1.54) is 0 Å². The van der Waals surface area contributed by atoms with Crippen molar-refractivity contribution < 1.29 is 17.6 Å². The number of rotatable bonds is 3. The molecule has 1 N–H and O–H groups in total. The van der Waals surface area contributed by atoms with E-state index in [0.29, 0.717) is 16.8 Å². The molecule has 0 aromatic heterocycles. The molecule has 2 rings (SSSR count). The lowest BCUT2D eigenvalue weighted by molar-refractivity contribution is -0.137. The molecule has 106 valence electrons. The topological polar surface area (TPSA) is 12.0 Å². The Hall–Kier alpha value is -1.75. The average Bonchev–Trinajstić information content (AvgIpc) is 2.36. The third-order valence-corrected chi connectivity index (χ3v) is 2.88. The highest BCUT2D eigenvalue weighted by Crippen LogP contribution is 2.30. The predicted molar refractivity (Wildman–Crippen MR) is 70.2 cm³/mol. The highest BCUT2D eigenvalue weighted by Gasteiger charge is 2.31. The summed E-state index contributed by atoms with van der Waals surface area (Å²) >= 11 is 5.72. The Morgan fingerprint density at radius 2 is 1.65 bits per heavy atom. The van der Waals surface area contributed by atoms with Crippen molar-refractivity contribution >= 4 is 17.3 Å². The van der Waals surface area contributed by atoms with Gasteiger partial charge in [0.25, 0.3) is 0 Å². The minimum atomic E-state index is -4.56. The van der Waals surface area contributed by atoms with Gasteiger partial charge in [-0.1, -0.05) is 11.6 Å². The number of benzene rings is 2. The van der Waals surface area contributed by atoms with Crippen molar-refractivity contribution in [3.63, 3.8) is 0 Å². The SMILES string of the molecule is Fc1cc(CNc2ccc(Cl)cc2)cc(C(F)(F)F)c1. The number of alkyl halides is 3. The molecular weight excluding hydrogens is 294 g/mol. The highest BCUT2D eigenvalue weighted by molar-refractivity contribution is 6.30. The molecule has 0 atom stereocenters. The summed E-state index contributed by atoms with van der Waals surface area (Å²) in [4.78, 5) is 0. The molecule has 1 nitrogen and oxygen atoms in total. The van der Waals surface area contributed by atoms with E-state index < -0.39 is 17.6 Å². The molecule has 0 aliphatic heterocycles. The van der Waals surface area contributed by atoms with Crippen molar-refractivity contribution in [1.29, 1.82) is 0 Å². The normalized spacial score (nSPS) is 11.4. The number of halogens is 5. The van der Waals surface area contributed by atoms with E-state index in [1.54, 1.807) is 24.3 Å². The van der Waals surface area contributed by atoms with E-state index in [1.807, 2.05) is 0 Å². The van der Waals surface area contributed by atoms with Gasteiger partial charge in [-0.2, -0.15) is 13.2 Å². The lowest BCUT2D eigenvalue weighted by Crippen LogP contribution is -2.08. The van der Waals surface area contributed by atoms with E-state index in [-0.39, 0.29) is 12.1 Å². The van der Waals surface area contributed by atoms with Gasteiger partial charge in [0.2, 0.25) is 0 Å². The van der Waals surface area contributed by atoms with E-state index >= 15 is 0 Å². The van der Waals surface area contributed by atoms with Crippen LogP contribution in [0.5, 0.6) is 0 Å². The Kier molecular flexibility index (Phi) is 4.18. The van der Waals surface area contributed by atoms with Crippen LogP contribution in [-0.4, -0.2) is 0 Å². The van der Waals surface area contributed by atoms with Crippen LogP contribution in [0.1, 0.15) is 11.1 Å². The quantitative estimate of drug-likeness (QED) is 0.777.